The number of piperidine rings is 1. The third kappa shape index (κ3) is 2.92. The van der Waals surface area contributed by atoms with Crippen LogP contribution in [0.1, 0.15) is 12.8 Å². The lowest BCUT2D eigenvalue weighted by molar-refractivity contribution is -0.120. The molecule has 1 aliphatic rings. The Labute approximate surface area is 106 Å². The van der Waals surface area contributed by atoms with Crippen molar-refractivity contribution in [3.8, 4) is 11.5 Å². The summed E-state index contributed by atoms with van der Waals surface area (Å²) in [5, 5.41) is 15.7. The third-order valence-corrected chi connectivity index (χ3v) is 3.17. The summed E-state index contributed by atoms with van der Waals surface area (Å²) in [5.41, 5.74) is 0.401. The second-order valence-corrected chi connectivity index (χ2v) is 4.40. The first-order valence-electron chi connectivity index (χ1n) is 6.09. The molecule has 1 aliphatic heterocycles. The Morgan fingerprint density at radius 2 is 2.17 bits per heavy atom. The highest BCUT2D eigenvalue weighted by atomic mass is 16.5. The zero-order valence-corrected chi connectivity index (χ0v) is 10.4. The summed E-state index contributed by atoms with van der Waals surface area (Å²) in [4.78, 5) is 12.0. The number of carbonyl (C=O) groups is 1. The Morgan fingerprint density at radius 3 is 2.83 bits per heavy atom. The van der Waals surface area contributed by atoms with Crippen LogP contribution in [-0.4, -0.2) is 31.2 Å². The van der Waals surface area contributed by atoms with Crippen LogP contribution in [0.3, 0.4) is 0 Å². The van der Waals surface area contributed by atoms with E-state index in [0.717, 1.165) is 25.9 Å². The molecule has 5 heteroatoms. The summed E-state index contributed by atoms with van der Waals surface area (Å²) in [5.74, 6) is 0.628. The zero-order chi connectivity index (χ0) is 13.0. The normalized spacial score (nSPS) is 16.3. The van der Waals surface area contributed by atoms with E-state index in [9.17, 15) is 9.90 Å². The van der Waals surface area contributed by atoms with Gasteiger partial charge in [-0.15, -0.1) is 0 Å². The number of hydrogen-bond donors (Lipinski definition) is 3. The molecule has 0 aliphatic carbocycles. The average Bonchev–Trinajstić information content (AvgIpc) is 2.42. The fourth-order valence-corrected chi connectivity index (χ4v) is 2.06. The summed E-state index contributed by atoms with van der Waals surface area (Å²) >= 11 is 0. The number of nitrogens with one attached hydrogen (secondary N) is 2. The van der Waals surface area contributed by atoms with Crippen LogP contribution in [0.5, 0.6) is 11.5 Å². The lowest BCUT2D eigenvalue weighted by Crippen LogP contribution is -2.34. The van der Waals surface area contributed by atoms with Crippen molar-refractivity contribution in [2.24, 2.45) is 5.92 Å². The molecule has 0 aromatic heterocycles. The molecule has 0 bridgehead atoms. The van der Waals surface area contributed by atoms with Gasteiger partial charge in [0.05, 0.1) is 12.8 Å². The van der Waals surface area contributed by atoms with Gasteiger partial charge < -0.3 is 20.5 Å². The maximum Gasteiger partial charge on any atom is 0.227 e. The molecule has 2 rings (SSSR count). The van der Waals surface area contributed by atoms with E-state index >= 15 is 0 Å². The predicted octanol–water partition coefficient (Wildman–Crippen LogP) is 1.34. The maximum atomic E-state index is 12.0. The molecule has 1 fully saturated rings. The molecule has 1 aromatic rings. The largest absolute Gasteiger partial charge is 0.506 e. The SMILES string of the molecule is COc1ccc(O)c(NC(=O)C2CCNCC2)c1. The topological polar surface area (TPSA) is 70.6 Å². The van der Waals surface area contributed by atoms with Crippen LogP contribution in [0.25, 0.3) is 0 Å². The van der Waals surface area contributed by atoms with Crippen LogP contribution in [0.4, 0.5) is 5.69 Å². The van der Waals surface area contributed by atoms with Gasteiger partial charge in [0.1, 0.15) is 11.5 Å². The van der Waals surface area contributed by atoms with Crippen LogP contribution < -0.4 is 15.4 Å². The molecule has 1 heterocycles. The van der Waals surface area contributed by atoms with Crippen molar-refractivity contribution in [1.82, 2.24) is 5.32 Å². The van der Waals surface area contributed by atoms with Crippen molar-refractivity contribution >= 4 is 11.6 Å². The van der Waals surface area contributed by atoms with Crippen LogP contribution in [-0.2, 0) is 4.79 Å². The minimum Gasteiger partial charge on any atom is -0.506 e. The van der Waals surface area contributed by atoms with E-state index in [1.54, 1.807) is 19.2 Å². The summed E-state index contributed by atoms with van der Waals surface area (Å²) in [6.07, 6.45) is 1.66. The highest BCUT2D eigenvalue weighted by molar-refractivity contribution is 5.94. The number of carbonyl (C=O) groups excluding carboxylic acids is 1. The summed E-state index contributed by atoms with van der Waals surface area (Å²) in [6, 6.07) is 4.78. The molecule has 0 atom stereocenters. The van der Waals surface area contributed by atoms with Crippen molar-refractivity contribution < 1.29 is 14.6 Å². The first-order valence-corrected chi connectivity index (χ1v) is 6.09. The number of hydrogen-bond acceptors (Lipinski definition) is 4. The van der Waals surface area contributed by atoms with Gasteiger partial charge in [-0.1, -0.05) is 0 Å². The predicted molar refractivity (Wildman–Crippen MR) is 68.9 cm³/mol. The van der Waals surface area contributed by atoms with Crippen LogP contribution in [0.15, 0.2) is 18.2 Å². The van der Waals surface area contributed by atoms with Crippen molar-refractivity contribution in [3.05, 3.63) is 18.2 Å². The first kappa shape index (κ1) is 12.7. The smallest absolute Gasteiger partial charge is 0.227 e. The van der Waals surface area contributed by atoms with Gasteiger partial charge >= 0.3 is 0 Å². The minimum atomic E-state index is -0.0416. The number of aromatic hydroxyl groups is 1. The van der Waals surface area contributed by atoms with Gasteiger partial charge in [-0.3, -0.25) is 4.79 Å². The molecule has 0 unspecified atom stereocenters. The minimum absolute atomic E-state index is 0.0110. The van der Waals surface area contributed by atoms with Gasteiger partial charge in [-0.2, -0.15) is 0 Å². The quantitative estimate of drug-likeness (QED) is 0.708. The zero-order valence-electron chi connectivity index (χ0n) is 10.4. The Hall–Kier alpha value is -1.75. The molecule has 1 saturated heterocycles. The molecule has 0 saturated carbocycles. The van der Waals surface area contributed by atoms with E-state index in [4.69, 9.17) is 4.74 Å². The standard InChI is InChI=1S/C13H18N2O3/c1-18-10-2-3-12(16)11(8-10)15-13(17)9-4-6-14-7-5-9/h2-3,8-9,14,16H,4-7H2,1H3,(H,15,17). The van der Waals surface area contributed by atoms with Crippen molar-refractivity contribution in [2.75, 3.05) is 25.5 Å². The molecule has 0 spiro atoms. The molecular formula is C13H18N2O3. The van der Waals surface area contributed by atoms with E-state index in [2.05, 4.69) is 10.6 Å². The van der Waals surface area contributed by atoms with Gasteiger partial charge in [0.15, 0.2) is 0 Å². The van der Waals surface area contributed by atoms with E-state index in [1.165, 1.54) is 6.07 Å². The van der Waals surface area contributed by atoms with Gasteiger partial charge in [0.2, 0.25) is 5.91 Å². The van der Waals surface area contributed by atoms with Gasteiger partial charge in [-0.25, -0.2) is 0 Å². The number of anilines is 1. The van der Waals surface area contributed by atoms with Crippen molar-refractivity contribution in [2.45, 2.75) is 12.8 Å². The van der Waals surface area contributed by atoms with Gasteiger partial charge in [0, 0.05) is 12.0 Å². The lowest BCUT2D eigenvalue weighted by atomic mass is 9.97. The maximum absolute atomic E-state index is 12.0. The lowest BCUT2D eigenvalue weighted by Gasteiger charge is -2.22. The number of rotatable bonds is 3. The Bertz CT molecular complexity index is 428. The summed E-state index contributed by atoms with van der Waals surface area (Å²) in [6.45, 7) is 1.73. The van der Waals surface area contributed by atoms with Crippen molar-refractivity contribution in [3.63, 3.8) is 0 Å². The third-order valence-electron chi connectivity index (χ3n) is 3.17. The Kier molecular flexibility index (Phi) is 4.04. The van der Waals surface area contributed by atoms with Crippen LogP contribution >= 0.6 is 0 Å². The molecule has 1 aromatic carbocycles. The molecule has 98 valence electrons. The number of benzene rings is 1. The van der Waals surface area contributed by atoms with E-state index in [0.29, 0.717) is 11.4 Å². The van der Waals surface area contributed by atoms with Crippen molar-refractivity contribution in [1.29, 1.82) is 0 Å². The van der Waals surface area contributed by atoms with E-state index in [1.807, 2.05) is 0 Å². The average molecular weight is 250 g/mol. The molecule has 3 N–H and O–H groups in total. The Morgan fingerprint density at radius 1 is 1.44 bits per heavy atom. The van der Waals surface area contributed by atoms with Crippen LogP contribution in [0.2, 0.25) is 0 Å². The van der Waals surface area contributed by atoms with Gasteiger partial charge in [0.25, 0.3) is 0 Å². The highest BCUT2D eigenvalue weighted by Crippen LogP contribution is 2.28. The second-order valence-electron chi connectivity index (χ2n) is 4.40. The van der Waals surface area contributed by atoms with Gasteiger partial charge in [-0.05, 0) is 38.1 Å². The number of ether oxygens (including phenoxy) is 1. The monoisotopic (exact) mass is 250 g/mol. The number of amides is 1. The molecule has 0 radical (unpaired) electrons. The summed E-state index contributed by atoms with van der Waals surface area (Å²) in [7, 11) is 1.55. The molecule has 5 nitrogen and oxygen atoms in total. The highest BCUT2D eigenvalue weighted by Gasteiger charge is 2.21. The molecule has 1 amide bonds. The number of phenolic OH excluding ortho intramolecular Hbond substituents is 1. The number of phenols is 1. The van der Waals surface area contributed by atoms with E-state index in [-0.39, 0.29) is 17.6 Å². The molecular weight excluding hydrogens is 232 g/mol. The Balaban J connectivity index is 2.05. The fraction of sp³-hybridized carbons (Fsp3) is 0.462. The van der Waals surface area contributed by atoms with Crippen LogP contribution in [0, 0.1) is 5.92 Å². The second kappa shape index (κ2) is 5.73. The van der Waals surface area contributed by atoms with E-state index < -0.39 is 0 Å². The molecule has 18 heavy (non-hydrogen) atoms. The summed E-state index contributed by atoms with van der Waals surface area (Å²) < 4.78 is 5.06. The first-order chi connectivity index (χ1) is 8.70. The fourth-order valence-electron chi connectivity index (χ4n) is 2.06. The number of methoxy groups -OCH3 is 1.